The maximum atomic E-state index is 11.9. The molecule has 0 spiro atoms. The molecule has 0 bridgehead atoms. The molecule has 0 saturated carbocycles. The molecular weight excluding hydrogens is 204 g/mol. The molecule has 4 heteroatoms. The van der Waals surface area contributed by atoms with Gasteiger partial charge in [0.1, 0.15) is 12.1 Å². The van der Waals surface area contributed by atoms with Crippen LogP contribution in [0.1, 0.15) is 33.6 Å². The van der Waals surface area contributed by atoms with Gasteiger partial charge in [-0.15, -0.1) is 0 Å². The zero-order chi connectivity index (χ0) is 12.1. The van der Waals surface area contributed by atoms with Crippen LogP contribution >= 0.6 is 0 Å². The van der Waals surface area contributed by atoms with Crippen LogP contribution in [0.2, 0.25) is 0 Å². The normalized spacial score (nSPS) is 26.3. The number of rotatable bonds is 4. The van der Waals surface area contributed by atoms with Gasteiger partial charge in [0.15, 0.2) is 0 Å². The lowest BCUT2D eigenvalue weighted by Crippen LogP contribution is -2.62. The lowest BCUT2D eigenvalue weighted by atomic mass is 10.1. The van der Waals surface area contributed by atoms with E-state index < -0.39 is 0 Å². The van der Waals surface area contributed by atoms with Gasteiger partial charge in [0.25, 0.3) is 0 Å². The third-order valence-corrected chi connectivity index (χ3v) is 2.85. The number of piperazine rings is 1. The van der Waals surface area contributed by atoms with E-state index in [1.165, 1.54) is 0 Å². The van der Waals surface area contributed by atoms with Crippen LogP contribution < -0.4 is 5.32 Å². The molecule has 1 aliphatic heterocycles. The predicted octanol–water partition coefficient (Wildman–Crippen LogP) is 1.08. The Morgan fingerprint density at radius 3 is 2.69 bits per heavy atom. The highest BCUT2D eigenvalue weighted by Gasteiger charge is 2.36. The fourth-order valence-corrected chi connectivity index (χ4v) is 1.97. The molecule has 90 valence electrons. The molecule has 1 aliphatic rings. The van der Waals surface area contributed by atoms with Gasteiger partial charge in [-0.25, -0.2) is 0 Å². The van der Waals surface area contributed by atoms with E-state index in [-0.39, 0.29) is 23.9 Å². The van der Waals surface area contributed by atoms with Gasteiger partial charge in [-0.1, -0.05) is 19.1 Å². The lowest BCUT2D eigenvalue weighted by Gasteiger charge is -2.37. The van der Waals surface area contributed by atoms with Crippen LogP contribution in [-0.2, 0) is 9.59 Å². The first-order chi connectivity index (χ1) is 7.61. The molecule has 1 N–H and O–H groups in total. The number of carbonyl (C=O) groups excluding carboxylic acids is 2. The SMILES string of the molecule is C/C=C/CCN1C(=O)C(C)NC(=O)C1CC. The van der Waals surface area contributed by atoms with Gasteiger partial charge >= 0.3 is 0 Å². The zero-order valence-corrected chi connectivity index (χ0v) is 10.2. The largest absolute Gasteiger partial charge is 0.343 e. The number of hydrogen-bond donors (Lipinski definition) is 1. The van der Waals surface area contributed by atoms with Crippen molar-refractivity contribution in [1.29, 1.82) is 0 Å². The summed E-state index contributed by atoms with van der Waals surface area (Å²) in [5.41, 5.74) is 0. The zero-order valence-electron chi connectivity index (χ0n) is 10.2. The Bertz CT molecular complexity index is 299. The summed E-state index contributed by atoms with van der Waals surface area (Å²) in [7, 11) is 0. The molecule has 2 unspecified atom stereocenters. The van der Waals surface area contributed by atoms with Gasteiger partial charge in [-0.3, -0.25) is 9.59 Å². The first-order valence-electron chi connectivity index (χ1n) is 5.83. The Balaban J connectivity index is 2.72. The summed E-state index contributed by atoms with van der Waals surface area (Å²) >= 11 is 0. The molecule has 1 heterocycles. The molecule has 4 nitrogen and oxygen atoms in total. The highest BCUT2D eigenvalue weighted by atomic mass is 16.2. The summed E-state index contributed by atoms with van der Waals surface area (Å²) in [5, 5.41) is 2.70. The molecule has 2 amide bonds. The van der Waals surface area contributed by atoms with Crippen LogP contribution in [-0.4, -0.2) is 35.3 Å². The average molecular weight is 224 g/mol. The molecule has 1 fully saturated rings. The van der Waals surface area contributed by atoms with E-state index in [1.54, 1.807) is 11.8 Å². The van der Waals surface area contributed by atoms with Crippen molar-refractivity contribution in [3.05, 3.63) is 12.2 Å². The fraction of sp³-hybridized carbons (Fsp3) is 0.667. The summed E-state index contributed by atoms with van der Waals surface area (Å²) in [5.74, 6) is -0.00830. The third kappa shape index (κ3) is 2.62. The van der Waals surface area contributed by atoms with Crippen LogP contribution in [0, 0.1) is 0 Å². The summed E-state index contributed by atoms with van der Waals surface area (Å²) in [6.45, 7) is 6.23. The Kier molecular flexibility index (Phi) is 4.52. The van der Waals surface area contributed by atoms with Crippen LogP contribution in [0.3, 0.4) is 0 Å². The van der Waals surface area contributed by atoms with Gasteiger partial charge in [-0.05, 0) is 26.7 Å². The molecule has 0 aliphatic carbocycles. The van der Waals surface area contributed by atoms with Gasteiger partial charge in [0, 0.05) is 6.54 Å². The average Bonchev–Trinajstić information content (AvgIpc) is 2.25. The highest BCUT2D eigenvalue weighted by Crippen LogP contribution is 2.13. The smallest absolute Gasteiger partial charge is 0.245 e. The number of amides is 2. The second kappa shape index (κ2) is 5.68. The molecule has 0 aromatic carbocycles. The maximum absolute atomic E-state index is 11.9. The molecule has 0 radical (unpaired) electrons. The number of allylic oxidation sites excluding steroid dienone is 1. The quantitative estimate of drug-likeness (QED) is 0.726. The summed E-state index contributed by atoms with van der Waals surface area (Å²) < 4.78 is 0. The Hall–Kier alpha value is -1.32. The molecule has 16 heavy (non-hydrogen) atoms. The molecule has 1 rings (SSSR count). The summed E-state index contributed by atoms with van der Waals surface area (Å²) in [6, 6.07) is -0.685. The Morgan fingerprint density at radius 2 is 2.12 bits per heavy atom. The maximum Gasteiger partial charge on any atom is 0.245 e. The third-order valence-electron chi connectivity index (χ3n) is 2.85. The lowest BCUT2D eigenvalue weighted by molar-refractivity contribution is -0.148. The van der Waals surface area contributed by atoms with E-state index in [1.807, 2.05) is 26.0 Å². The topological polar surface area (TPSA) is 49.4 Å². The van der Waals surface area contributed by atoms with Crippen molar-refractivity contribution in [2.24, 2.45) is 0 Å². The van der Waals surface area contributed by atoms with E-state index >= 15 is 0 Å². The van der Waals surface area contributed by atoms with Crippen molar-refractivity contribution in [2.45, 2.75) is 45.7 Å². The Morgan fingerprint density at radius 1 is 1.44 bits per heavy atom. The summed E-state index contributed by atoms with van der Waals surface area (Å²) in [4.78, 5) is 25.3. The second-order valence-electron chi connectivity index (χ2n) is 4.04. The van der Waals surface area contributed by atoms with Crippen molar-refractivity contribution in [1.82, 2.24) is 10.2 Å². The highest BCUT2D eigenvalue weighted by molar-refractivity contribution is 5.96. The van der Waals surface area contributed by atoms with Crippen LogP contribution in [0.4, 0.5) is 0 Å². The van der Waals surface area contributed by atoms with E-state index in [0.717, 1.165) is 6.42 Å². The van der Waals surface area contributed by atoms with E-state index in [2.05, 4.69) is 5.32 Å². The molecule has 2 atom stereocenters. The van der Waals surface area contributed by atoms with E-state index in [0.29, 0.717) is 13.0 Å². The van der Waals surface area contributed by atoms with Crippen molar-refractivity contribution >= 4 is 11.8 Å². The minimum absolute atomic E-state index is 0.0240. The first-order valence-corrected chi connectivity index (χ1v) is 5.83. The van der Waals surface area contributed by atoms with Crippen LogP contribution in [0.25, 0.3) is 0 Å². The number of nitrogens with zero attached hydrogens (tertiary/aromatic N) is 1. The summed E-state index contributed by atoms with van der Waals surface area (Å²) in [6.07, 6.45) is 5.44. The standard InChI is InChI=1S/C12H20N2O2/c1-4-6-7-8-14-10(5-2)11(15)13-9(3)12(14)16/h4,6,9-10H,5,7-8H2,1-3H3,(H,13,15)/b6-4+. The molecule has 1 saturated heterocycles. The predicted molar refractivity (Wildman–Crippen MR) is 62.8 cm³/mol. The van der Waals surface area contributed by atoms with Gasteiger partial charge in [0.05, 0.1) is 0 Å². The minimum Gasteiger partial charge on any atom is -0.343 e. The monoisotopic (exact) mass is 224 g/mol. The molecular formula is C12H20N2O2. The molecule has 0 aromatic rings. The van der Waals surface area contributed by atoms with E-state index in [9.17, 15) is 9.59 Å². The van der Waals surface area contributed by atoms with Gasteiger partial charge in [0.2, 0.25) is 11.8 Å². The fourth-order valence-electron chi connectivity index (χ4n) is 1.97. The van der Waals surface area contributed by atoms with Gasteiger partial charge < -0.3 is 10.2 Å². The molecule has 0 aromatic heterocycles. The van der Waals surface area contributed by atoms with Crippen molar-refractivity contribution in [3.8, 4) is 0 Å². The van der Waals surface area contributed by atoms with Crippen molar-refractivity contribution in [3.63, 3.8) is 0 Å². The van der Waals surface area contributed by atoms with Crippen LogP contribution in [0.5, 0.6) is 0 Å². The first kappa shape index (κ1) is 12.7. The minimum atomic E-state index is -0.388. The number of hydrogen-bond acceptors (Lipinski definition) is 2. The van der Waals surface area contributed by atoms with Crippen molar-refractivity contribution in [2.75, 3.05) is 6.54 Å². The number of carbonyl (C=O) groups is 2. The number of nitrogens with one attached hydrogen (secondary N) is 1. The van der Waals surface area contributed by atoms with Crippen LogP contribution in [0.15, 0.2) is 12.2 Å². The second-order valence-corrected chi connectivity index (χ2v) is 4.04. The van der Waals surface area contributed by atoms with E-state index in [4.69, 9.17) is 0 Å². The van der Waals surface area contributed by atoms with Gasteiger partial charge in [-0.2, -0.15) is 0 Å². The van der Waals surface area contributed by atoms with Crippen molar-refractivity contribution < 1.29 is 9.59 Å². The Labute approximate surface area is 96.7 Å².